The van der Waals surface area contributed by atoms with Crippen LogP contribution in [0, 0.1) is 20.8 Å². The number of pyridine rings is 1. The predicted octanol–water partition coefficient (Wildman–Crippen LogP) is 5.02. The lowest BCUT2D eigenvalue weighted by Gasteiger charge is -2.15. The summed E-state index contributed by atoms with van der Waals surface area (Å²) in [5.41, 5.74) is 12.8. The van der Waals surface area contributed by atoms with Gasteiger partial charge in [0.1, 0.15) is 12.0 Å². The van der Waals surface area contributed by atoms with Gasteiger partial charge in [0.2, 0.25) is 0 Å². The number of aryl methyl sites for hydroxylation is 2. The number of benzene rings is 2. The van der Waals surface area contributed by atoms with Crippen LogP contribution < -0.4 is 16.4 Å². The Bertz CT molecular complexity index is 1170. The summed E-state index contributed by atoms with van der Waals surface area (Å²) in [5, 5.41) is 7.69. The van der Waals surface area contributed by atoms with Crippen LogP contribution in [0.3, 0.4) is 0 Å². The maximum atomic E-state index is 6.37. The minimum Gasteiger partial charge on any atom is -0.393 e. The summed E-state index contributed by atoms with van der Waals surface area (Å²) >= 11 is 0. The molecule has 0 aliphatic rings. The summed E-state index contributed by atoms with van der Waals surface area (Å²) in [6, 6.07) is 16.1. The molecule has 0 spiro atoms. The van der Waals surface area contributed by atoms with Crippen LogP contribution >= 0.6 is 0 Å². The van der Waals surface area contributed by atoms with Crippen molar-refractivity contribution in [2.45, 2.75) is 20.8 Å². The third-order valence-corrected chi connectivity index (χ3v) is 4.85. The van der Waals surface area contributed by atoms with Crippen LogP contribution in [0.2, 0.25) is 0 Å². The van der Waals surface area contributed by atoms with E-state index in [1.165, 1.54) is 11.9 Å². The fourth-order valence-electron chi connectivity index (χ4n) is 3.08. The number of nitrogens with two attached hydrogens (primary N) is 1. The van der Waals surface area contributed by atoms with E-state index in [1.54, 1.807) is 0 Å². The van der Waals surface area contributed by atoms with E-state index in [0.29, 0.717) is 17.3 Å². The molecule has 2 heterocycles. The molecule has 0 unspecified atom stereocenters. The van der Waals surface area contributed by atoms with Gasteiger partial charge in [-0.3, -0.25) is 4.98 Å². The molecule has 0 fully saturated rings. The molecule has 0 atom stereocenters. The molecule has 0 saturated carbocycles. The topological polar surface area (TPSA) is 88.8 Å². The van der Waals surface area contributed by atoms with Crippen LogP contribution in [0.25, 0.3) is 10.9 Å². The van der Waals surface area contributed by atoms with Crippen LogP contribution in [-0.4, -0.2) is 15.0 Å². The number of para-hydroxylation sites is 1. The van der Waals surface area contributed by atoms with Gasteiger partial charge < -0.3 is 16.4 Å². The highest BCUT2D eigenvalue weighted by Gasteiger charge is 2.12. The predicted molar refractivity (Wildman–Crippen MR) is 115 cm³/mol. The first-order valence-corrected chi connectivity index (χ1v) is 9.10. The lowest BCUT2D eigenvalue weighted by atomic mass is 10.1. The highest BCUT2D eigenvalue weighted by atomic mass is 15.1. The normalized spacial score (nSPS) is 10.8. The molecule has 6 nitrogen and oxygen atoms in total. The first kappa shape index (κ1) is 17.7. The first-order chi connectivity index (χ1) is 13.5. The quantitative estimate of drug-likeness (QED) is 0.467. The maximum absolute atomic E-state index is 6.37. The second kappa shape index (κ2) is 7.15. The zero-order chi connectivity index (χ0) is 19.7. The van der Waals surface area contributed by atoms with E-state index in [4.69, 9.17) is 5.73 Å². The van der Waals surface area contributed by atoms with Gasteiger partial charge >= 0.3 is 0 Å². The number of fused-ring (bicyclic) bond motifs is 1. The Morgan fingerprint density at radius 2 is 1.46 bits per heavy atom. The molecule has 0 aliphatic heterocycles. The molecule has 0 bridgehead atoms. The van der Waals surface area contributed by atoms with Gasteiger partial charge in [0, 0.05) is 16.8 Å². The lowest BCUT2D eigenvalue weighted by Crippen LogP contribution is -2.06. The van der Waals surface area contributed by atoms with Crippen LogP contribution in [0.15, 0.2) is 54.9 Å². The lowest BCUT2D eigenvalue weighted by molar-refractivity contribution is 1.17. The Morgan fingerprint density at radius 1 is 0.786 bits per heavy atom. The van der Waals surface area contributed by atoms with Crippen molar-refractivity contribution in [3.8, 4) is 0 Å². The summed E-state index contributed by atoms with van der Waals surface area (Å²) in [6.07, 6.45) is 1.50. The highest BCUT2D eigenvalue weighted by molar-refractivity contribution is 5.93. The average molecular weight is 370 g/mol. The molecule has 6 heteroatoms. The molecule has 0 saturated heterocycles. The summed E-state index contributed by atoms with van der Waals surface area (Å²) in [6.45, 7) is 6.12. The van der Waals surface area contributed by atoms with E-state index in [9.17, 15) is 0 Å². The van der Waals surface area contributed by atoms with Crippen molar-refractivity contribution in [3.63, 3.8) is 0 Å². The molecule has 2 aromatic carbocycles. The number of hydrogen-bond donors (Lipinski definition) is 3. The molecule has 4 rings (SSSR count). The minimum absolute atomic E-state index is 0.452. The van der Waals surface area contributed by atoms with Gasteiger partial charge in [0.05, 0.1) is 11.2 Å². The fraction of sp³-hybridized carbons (Fsp3) is 0.136. The SMILES string of the molecule is Cc1ccc2cccc(Nc3ncnc(Nc4cccc(C)c4C)c3N)c2n1. The van der Waals surface area contributed by atoms with Crippen LogP contribution in [-0.2, 0) is 0 Å². The molecular formula is C22H22N6. The Balaban J connectivity index is 1.70. The summed E-state index contributed by atoms with van der Waals surface area (Å²) in [7, 11) is 0. The molecular weight excluding hydrogens is 348 g/mol. The molecule has 0 aliphatic carbocycles. The zero-order valence-corrected chi connectivity index (χ0v) is 16.1. The molecule has 4 N–H and O–H groups in total. The van der Waals surface area contributed by atoms with E-state index < -0.39 is 0 Å². The van der Waals surface area contributed by atoms with Crippen molar-refractivity contribution in [3.05, 3.63) is 71.7 Å². The summed E-state index contributed by atoms with van der Waals surface area (Å²) in [5.74, 6) is 1.11. The number of nitrogens with zero attached hydrogens (tertiary/aromatic N) is 3. The van der Waals surface area contributed by atoms with Crippen molar-refractivity contribution >= 4 is 39.6 Å². The average Bonchev–Trinajstić information content (AvgIpc) is 2.69. The smallest absolute Gasteiger partial charge is 0.159 e. The number of nitrogens with one attached hydrogen (secondary N) is 2. The number of hydrogen-bond acceptors (Lipinski definition) is 6. The third-order valence-electron chi connectivity index (χ3n) is 4.85. The summed E-state index contributed by atoms with van der Waals surface area (Å²) < 4.78 is 0. The third kappa shape index (κ3) is 3.32. The molecule has 0 radical (unpaired) electrons. The first-order valence-electron chi connectivity index (χ1n) is 9.10. The second-order valence-corrected chi connectivity index (χ2v) is 6.81. The van der Waals surface area contributed by atoms with Gasteiger partial charge in [-0.15, -0.1) is 0 Å². The van der Waals surface area contributed by atoms with Crippen LogP contribution in [0.4, 0.5) is 28.7 Å². The van der Waals surface area contributed by atoms with Gasteiger partial charge in [-0.25, -0.2) is 9.97 Å². The molecule has 28 heavy (non-hydrogen) atoms. The molecule has 0 amide bonds. The van der Waals surface area contributed by atoms with E-state index in [1.807, 2.05) is 43.3 Å². The number of aromatic nitrogens is 3. The number of nitrogen functional groups attached to an aromatic ring is 1. The maximum Gasteiger partial charge on any atom is 0.159 e. The number of rotatable bonds is 4. The minimum atomic E-state index is 0.452. The zero-order valence-electron chi connectivity index (χ0n) is 16.1. The van der Waals surface area contributed by atoms with Gasteiger partial charge in [0.15, 0.2) is 11.6 Å². The Hall–Kier alpha value is -3.67. The molecule has 2 aromatic heterocycles. The van der Waals surface area contributed by atoms with Gasteiger partial charge in [-0.2, -0.15) is 0 Å². The number of anilines is 5. The molecule has 4 aromatic rings. The largest absolute Gasteiger partial charge is 0.393 e. The van der Waals surface area contributed by atoms with Crippen LogP contribution in [0.5, 0.6) is 0 Å². The standard InChI is InChI=1S/C22H22N6/c1-13-6-4-8-17(15(13)3)27-21-19(23)22(25-12-24-21)28-18-9-5-7-16-11-10-14(2)26-20(16)18/h4-12H,23H2,1-3H3,(H2,24,25,27,28). The van der Waals surface area contributed by atoms with Crippen LogP contribution in [0.1, 0.15) is 16.8 Å². The summed E-state index contributed by atoms with van der Waals surface area (Å²) in [4.78, 5) is 13.3. The van der Waals surface area contributed by atoms with E-state index in [0.717, 1.165) is 33.5 Å². The Morgan fingerprint density at radius 3 is 2.25 bits per heavy atom. The highest BCUT2D eigenvalue weighted by Crippen LogP contribution is 2.31. The Kier molecular flexibility index (Phi) is 4.53. The molecule has 140 valence electrons. The van der Waals surface area contributed by atoms with E-state index in [-0.39, 0.29) is 0 Å². The Labute approximate surface area is 163 Å². The van der Waals surface area contributed by atoms with Crippen molar-refractivity contribution in [2.24, 2.45) is 0 Å². The fourth-order valence-corrected chi connectivity index (χ4v) is 3.08. The van der Waals surface area contributed by atoms with Gasteiger partial charge in [0.25, 0.3) is 0 Å². The van der Waals surface area contributed by atoms with E-state index in [2.05, 4.69) is 51.6 Å². The van der Waals surface area contributed by atoms with Crippen molar-refractivity contribution < 1.29 is 0 Å². The van der Waals surface area contributed by atoms with E-state index >= 15 is 0 Å². The van der Waals surface area contributed by atoms with Gasteiger partial charge in [-0.05, 0) is 50.1 Å². The second-order valence-electron chi connectivity index (χ2n) is 6.81. The van der Waals surface area contributed by atoms with Gasteiger partial charge in [-0.1, -0.05) is 30.3 Å². The van der Waals surface area contributed by atoms with Crippen molar-refractivity contribution in [1.82, 2.24) is 15.0 Å². The monoisotopic (exact) mass is 370 g/mol. The van der Waals surface area contributed by atoms with Crippen molar-refractivity contribution in [2.75, 3.05) is 16.4 Å². The van der Waals surface area contributed by atoms with Crippen molar-refractivity contribution in [1.29, 1.82) is 0 Å².